The van der Waals surface area contributed by atoms with Crippen LogP contribution in [0.1, 0.15) is 19.4 Å². The molecule has 1 rings (SSSR count). The van der Waals surface area contributed by atoms with Crippen LogP contribution in [0, 0.1) is 12.8 Å². The number of nitrogens with one attached hydrogen (secondary N) is 3. The Morgan fingerprint density at radius 3 is 2.32 bits per heavy atom. The smallest absolute Gasteiger partial charge is 0.324 e. The van der Waals surface area contributed by atoms with Crippen molar-refractivity contribution in [1.29, 1.82) is 0 Å². The molecule has 0 unspecified atom stereocenters. The van der Waals surface area contributed by atoms with E-state index in [1.807, 2.05) is 12.2 Å². The van der Waals surface area contributed by atoms with Crippen LogP contribution < -0.4 is 15.4 Å². The summed E-state index contributed by atoms with van der Waals surface area (Å²) in [6.07, 6.45) is 1.43. The van der Waals surface area contributed by atoms with E-state index < -0.39 is 46.5 Å². The Morgan fingerprint density at radius 1 is 1.18 bits per heavy atom. The lowest BCUT2D eigenvalue weighted by Crippen LogP contribution is -2.47. The van der Waals surface area contributed by atoms with Gasteiger partial charge in [-0.15, -0.1) is 6.58 Å². The zero-order valence-corrected chi connectivity index (χ0v) is 16.8. The molecule has 0 spiro atoms. The summed E-state index contributed by atoms with van der Waals surface area (Å²) in [5.41, 5.74) is 0.891. The van der Waals surface area contributed by atoms with Crippen LogP contribution in [0.4, 0.5) is 4.79 Å². The monoisotopic (exact) mass is 411 g/mol. The van der Waals surface area contributed by atoms with Crippen molar-refractivity contribution < 1.29 is 27.5 Å². The second kappa shape index (κ2) is 10.6. The number of hydrogen-bond acceptors (Lipinski definition) is 6. The minimum absolute atomic E-state index is 0.00758. The average molecular weight is 411 g/mol. The van der Waals surface area contributed by atoms with Gasteiger partial charge in [-0.25, -0.2) is 13.2 Å². The normalized spacial score (nSPS) is 12.1. The molecule has 1 atom stereocenters. The van der Waals surface area contributed by atoms with Crippen LogP contribution in [0.5, 0.6) is 0 Å². The van der Waals surface area contributed by atoms with Gasteiger partial charge in [0.1, 0.15) is 6.04 Å². The molecule has 28 heavy (non-hydrogen) atoms. The summed E-state index contributed by atoms with van der Waals surface area (Å²) < 4.78 is 32.1. The van der Waals surface area contributed by atoms with Gasteiger partial charge in [-0.1, -0.05) is 37.6 Å². The van der Waals surface area contributed by atoms with Crippen LogP contribution in [0.3, 0.4) is 0 Å². The largest absolute Gasteiger partial charge is 0.454 e. The number of carbonyl (C=O) groups is 3. The first kappa shape index (κ1) is 23.3. The van der Waals surface area contributed by atoms with Crippen LogP contribution >= 0.6 is 0 Å². The van der Waals surface area contributed by atoms with E-state index in [-0.39, 0.29) is 11.4 Å². The minimum Gasteiger partial charge on any atom is -0.454 e. The Hall–Kier alpha value is -2.72. The third kappa shape index (κ3) is 7.49. The molecule has 0 aliphatic carbocycles. The molecule has 0 saturated carbocycles. The van der Waals surface area contributed by atoms with E-state index in [0.29, 0.717) is 0 Å². The second-order valence-corrected chi connectivity index (χ2v) is 8.02. The number of benzene rings is 1. The number of ether oxygens (including phenoxy) is 1. The molecule has 3 N–H and O–H groups in total. The van der Waals surface area contributed by atoms with Crippen molar-refractivity contribution in [2.75, 3.05) is 13.2 Å². The highest BCUT2D eigenvalue weighted by atomic mass is 32.2. The highest BCUT2D eigenvalue weighted by Crippen LogP contribution is 2.13. The number of imide groups is 1. The lowest BCUT2D eigenvalue weighted by molar-refractivity contribution is -0.150. The number of urea groups is 1. The Labute approximate surface area is 164 Å². The fourth-order valence-corrected chi connectivity index (χ4v) is 3.34. The zero-order chi connectivity index (χ0) is 21.3. The Bertz CT molecular complexity index is 818. The van der Waals surface area contributed by atoms with E-state index in [4.69, 9.17) is 4.74 Å². The van der Waals surface area contributed by atoms with Crippen LogP contribution in [0.25, 0.3) is 0 Å². The van der Waals surface area contributed by atoms with Gasteiger partial charge >= 0.3 is 12.0 Å². The van der Waals surface area contributed by atoms with E-state index in [0.717, 1.165) is 5.56 Å². The topological polar surface area (TPSA) is 131 Å². The molecular weight excluding hydrogens is 386 g/mol. The lowest BCUT2D eigenvalue weighted by atomic mass is 10.1. The standard InChI is InChI=1S/C18H25N3O6S/c1-5-10-19-18(24)20-15(22)11-27-17(23)16(12(2)3)21-28(25,26)14-8-6-13(4)7-9-14/h5-9,12,16,21H,1,10-11H2,2-4H3,(H2,19,20,22,24)/t16-/m0/s1. The predicted octanol–water partition coefficient (Wildman–Crippen LogP) is 0.853. The zero-order valence-electron chi connectivity index (χ0n) is 16.0. The van der Waals surface area contributed by atoms with E-state index in [9.17, 15) is 22.8 Å². The molecule has 0 aliphatic rings. The SMILES string of the molecule is C=CCNC(=O)NC(=O)COC(=O)[C@@H](NS(=O)(=O)c1ccc(C)cc1)C(C)C. The predicted molar refractivity (Wildman–Crippen MR) is 103 cm³/mol. The molecule has 1 aromatic rings. The summed E-state index contributed by atoms with van der Waals surface area (Å²) in [6.45, 7) is 7.93. The van der Waals surface area contributed by atoms with Gasteiger partial charge in [0.25, 0.3) is 5.91 Å². The third-order valence-electron chi connectivity index (χ3n) is 3.54. The van der Waals surface area contributed by atoms with Gasteiger partial charge in [-0.2, -0.15) is 4.72 Å². The molecule has 0 radical (unpaired) electrons. The Kier molecular flexibility index (Phi) is 8.80. The molecule has 0 fully saturated rings. The van der Waals surface area contributed by atoms with Crippen molar-refractivity contribution in [2.45, 2.75) is 31.7 Å². The second-order valence-electron chi connectivity index (χ2n) is 6.31. The molecule has 10 heteroatoms. The maximum Gasteiger partial charge on any atom is 0.324 e. The molecule has 9 nitrogen and oxygen atoms in total. The van der Waals surface area contributed by atoms with E-state index in [1.54, 1.807) is 26.0 Å². The number of carbonyl (C=O) groups excluding carboxylic acids is 3. The van der Waals surface area contributed by atoms with Crippen molar-refractivity contribution in [3.05, 3.63) is 42.5 Å². The maximum absolute atomic E-state index is 12.5. The molecule has 0 aliphatic heterocycles. The summed E-state index contributed by atoms with van der Waals surface area (Å²) in [5, 5.41) is 4.29. The lowest BCUT2D eigenvalue weighted by Gasteiger charge is -2.20. The number of rotatable bonds is 9. The molecule has 0 saturated heterocycles. The van der Waals surface area contributed by atoms with Crippen LogP contribution in [-0.4, -0.2) is 45.5 Å². The van der Waals surface area contributed by atoms with Gasteiger partial charge in [-0.3, -0.25) is 14.9 Å². The molecule has 0 aromatic heterocycles. The van der Waals surface area contributed by atoms with E-state index in [2.05, 4.69) is 16.6 Å². The van der Waals surface area contributed by atoms with Gasteiger partial charge in [-0.05, 0) is 25.0 Å². The van der Waals surface area contributed by atoms with Crippen molar-refractivity contribution in [1.82, 2.24) is 15.4 Å². The van der Waals surface area contributed by atoms with Crippen molar-refractivity contribution in [2.24, 2.45) is 5.92 Å². The van der Waals surface area contributed by atoms with Crippen LogP contribution in [0.2, 0.25) is 0 Å². The molecule has 1 aromatic carbocycles. The van der Waals surface area contributed by atoms with Gasteiger partial charge in [0, 0.05) is 6.54 Å². The molecule has 154 valence electrons. The quantitative estimate of drug-likeness (QED) is 0.408. The fraction of sp³-hybridized carbons (Fsp3) is 0.389. The van der Waals surface area contributed by atoms with Crippen molar-refractivity contribution in [3.63, 3.8) is 0 Å². The van der Waals surface area contributed by atoms with E-state index >= 15 is 0 Å². The number of esters is 1. The van der Waals surface area contributed by atoms with Gasteiger partial charge in [0.15, 0.2) is 6.61 Å². The summed E-state index contributed by atoms with van der Waals surface area (Å²) in [4.78, 5) is 35.3. The van der Waals surface area contributed by atoms with Crippen molar-refractivity contribution in [3.8, 4) is 0 Å². The highest BCUT2D eigenvalue weighted by molar-refractivity contribution is 7.89. The van der Waals surface area contributed by atoms with Crippen molar-refractivity contribution >= 4 is 27.9 Å². The van der Waals surface area contributed by atoms with E-state index in [1.165, 1.54) is 18.2 Å². The first-order valence-corrected chi connectivity index (χ1v) is 9.99. The molecule has 3 amide bonds. The molecule has 0 bridgehead atoms. The number of sulfonamides is 1. The Morgan fingerprint density at radius 2 is 1.79 bits per heavy atom. The number of amides is 3. The number of hydrogen-bond donors (Lipinski definition) is 3. The minimum atomic E-state index is -3.96. The third-order valence-corrected chi connectivity index (χ3v) is 5.00. The average Bonchev–Trinajstić information content (AvgIpc) is 2.62. The van der Waals surface area contributed by atoms with Gasteiger partial charge in [0.05, 0.1) is 4.90 Å². The first-order chi connectivity index (χ1) is 13.1. The Balaban J connectivity index is 2.71. The maximum atomic E-state index is 12.5. The van der Waals surface area contributed by atoms with Crippen LogP contribution in [-0.2, 0) is 24.3 Å². The molecular formula is C18H25N3O6S. The highest BCUT2D eigenvalue weighted by Gasteiger charge is 2.30. The summed E-state index contributed by atoms with van der Waals surface area (Å²) in [6, 6.07) is 4.17. The number of aryl methyl sites for hydroxylation is 1. The summed E-state index contributed by atoms with van der Waals surface area (Å²) in [7, 11) is -3.96. The van der Waals surface area contributed by atoms with Crippen LogP contribution in [0.15, 0.2) is 41.8 Å². The summed E-state index contributed by atoms with van der Waals surface area (Å²) in [5.74, 6) is -2.21. The van der Waals surface area contributed by atoms with Gasteiger partial charge in [0.2, 0.25) is 10.0 Å². The fourth-order valence-electron chi connectivity index (χ4n) is 2.01. The summed E-state index contributed by atoms with van der Waals surface area (Å²) >= 11 is 0. The molecule has 0 heterocycles. The first-order valence-electron chi connectivity index (χ1n) is 8.51. The van der Waals surface area contributed by atoms with Gasteiger partial charge < -0.3 is 10.1 Å².